The standard InChI is InChI=1S/C20H21BrClN3O2/c1-27-20-18-11(5-7-15(18)23-10-12-6-8-17(26)24-12)9-16(25-20)13-3-2-4-14(21)19(13)22/h2-4,9,12,15,23H,5-8,10H2,1H3,(H,24,26)/t12-,15-/m0/s1. The first-order valence-corrected chi connectivity index (χ1v) is 10.3. The predicted molar refractivity (Wildman–Crippen MR) is 109 cm³/mol. The summed E-state index contributed by atoms with van der Waals surface area (Å²) in [5.41, 5.74) is 4.07. The van der Waals surface area contributed by atoms with Crippen molar-refractivity contribution in [2.45, 2.75) is 37.8 Å². The highest BCUT2D eigenvalue weighted by Crippen LogP contribution is 2.41. The number of benzene rings is 1. The van der Waals surface area contributed by atoms with Gasteiger partial charge >= 0.3 is 0 Å². The number of carbonyl (C=O) groups is 1. The molecule has 2 atom stereocenters. The fraction of sp³-hybridized carbons (Fsp3) is 0.400. The third-order valence-electron chi connectivity index (χ3n) is 5.28. The number of amides is 1. The number of aryl methyl sites for hydroxylation is 1. The maximum atomic E-state index is 11.4. The molecule has 142 valence electrons. The molecule has 27 heavy (non-hydrogen) atoms. The minimum Gasteiger partial charge on any atom is -0.481 e. The molecule has 2 N–H and O–H groups in total. The zero-order valence-corrected chi connectivity index (χ0v) is 17.4. The van der Waals surface area contributed by atoms with E-state index in [0.29, 0.717) is 17.3 Å². The van der Waals surface area contributed by atoms with Gasteiger partial charge in [-0.15, -0.1) is 0 Å². The number of carbonyl (C=O) groups excluding carboxylic acids is 1. The molecular formula is C20H21BrClN3O2. The van der Waals surface area contributed by atoms with Crippen LogP contribution in [-0.4, -0.2) is 30.6 Å². The van der Waals surface area contributed by atoms with Crippen LogP contribution in [0.2, 0.25) is 5.02 Å². The molecule has 0 saturated carbocycles. The highest BCUT2D eigenvalue weighted by Gasteiger charge is 2.30. The molecule has 7 heteroatoms. The van der Waals surface area contributed by atoms with Crippen molar-refractivity contribution >= 4 is 33.4 Å². The van der Waals surface area contributed by atoms with E-state index in [0.717, 1.165) is 47.1 Å². The Morgan fingerprint density at radius 1 is 1.37 bits per heavy atom. The van der Waals surface area contributed by atoms with E-state index in [2.05, 4.69) is 32.6 Å². The van der Waals surface area contributed by atoms with Gasteiger partial charge < -0.3 is 15.4 Å². The Kier molecular flexibility index (Phi) is 5.39. The van der Waals surface area contributed by atoms with Crippen LogP contribution in [0.4, 0.5) is 0 Å². The van der Waals surface area contributed by atoms with E-state index >= 15 is 0 Å². The van der Waals surface area contributed by atoms with Crippen molar-refractivity contribution in [2.24, 2.45) is 0 Å². The molecule has 2 heterocycles. The highest BCUT2D eigenvalue weighted by molar-refractivity contribution is 9.10. The van der Waals surface area contributed by atoms with Crippen molar-refractivity contribution in [1.29, 1.82) is 0 Å². The maximum absolute atomic E-state index is 11.4. The van der Waals surface area contributed by atoms with Gasteiger partial charge in [0.05, 0.1) is 17.8 Å². The first kappa shape index (κ1) is 18.7. The molecule has 1 aromatic carbocycles. The van der Waals surface area contributed by atoms with E-state index < -0.39 is 0 Å². The third-order valence-corrected chi connectivity index (χ3v) is 6.57. The minimum absolute atomic E-state index is 0.142. The molecule has 0 spiro atoms. The molecule has 0 bridgehead atoms. The number of pyridine rings is 1. The lowest BCUT2D eigenvalue weighted by Crippen LogP contribution is -2.36. The fourth-order valence-corrected chi connectivity index (χ4v) is 4.51. The van der Waals surface area contributed by atoms with E-state index in [4.69, 9.17) is 21.3 Å². The Balaban J connectivity index is 1.60. The van der Waals surface area contributed by atoms with Crippen molar-refractivity contribution < 1.29 is 9.53 Å². The lowest BCUT2D eigenvalue weighted by molar-refractivity contribution is -0.119. The van der Waals surface area contributed by atoms with Gasteiger partial charge in [0.1, 0.15) is 0 Å². The normalized spacial score (nSPS) is 21.2. The number of fused-ring (bicyclic) bond motifs is 1. The highest BCUT2D eigenvalue weighted by atomic mass is 79.9. The average Bonchev–Trinajstić information content (AvgIpc) is 3.27. The number of halogens is 2. The Morgan fingerprint density at radius 3 is 2.96 bits per heavy atom. The second-order valence-electron chi connectivity index (χ2n) is 6.99. The fourth-order valence-electron chi connectivity index (χ4n) is 3.92. The molecule has 2 aliphatic rings. The van der Waals surface area contributed by atoms with Crippen LogP contribution in [0.25, 0.3) is 11.3 Å². The van der Waals surface area contributed by atoms with Crippen molar-refractivity contribution in [3.8, 4) is 17.1 Å². The molecule has 1 amide bonds. The molecule has 2 aromatic rings. The second-order valence-corrected chi connectivity index (χ2v) is 8.23. The Morgan fingerprint density at radius 2 is 2.22 bits per heavy atom. The monoisotopic (exact) mass is 449 g/mol. The third kappa shape index (κ3) is 3.71. The topological polar surface area (TPSA) is 63.2 Å². The number of ether oxygens (including phenoxy) is 1. The van der Waals surface area contributed by atoms with Gasteiger partial charge in [-0.25, -0.2) is 4.98 Å². The molecule has 1 aliphatic heterocycles. The van der Waals surface area contributed by atoms with Crippen LogP contribution in [0.1, 0.15) is 36.4 Å². The Hall–Kier alpha value is -1.63. The molecule has 1 aromatic heterocycles. The summed E-state index contributed by atoms with van der Waals surface area (Å²) in [7, 11) is 1.65. The zero-order chi connectivity index (χ0) is 19.0. The summed E-state index contributed by atoms with van der Waals surface area (Å²) >= 11 is 9.94. The molecular weight excluding hydrogens is 430 g/mol. The molecule has 1 saturated heterocycles. The number of hydrogen-bond donors (Lipinski definition) is 2. The number of nitrogens with zero attached hydrogens (tertiary/aromatic N) is 1. The number of nitrogens with one attached hydrogen (secondary N) is 2. The van der Waals surface area contributed by atoms with Crippen molar-refractivity contribution in [3.63, 3.8) is 0 Å². The van der Waals surface area contributed by atoms with E-state index in [1.54, 1.807) is 7.11 Å². The number of methoxy groups -OCH3 is 1. The summed E-state index contributed by atoms with van der Waals surface area (Å²) in [5.74, 6) is 0.785. The summed E-state index contributed by atoms with van der Waals surface area (Å²) in [6.07, 6.45) is 3.46. The van der Waals surface area contributed by atoms with Crippen molar-refractivity contribution in [1.82, 2.24) is 15.6 Å². The van der Waals surface area contributed by atoms with Gasteiger partial charge in [0.25, 0.3) is 0 Å². The van der Waals surface area contributed by atoms with Gasteiger partial charge in [0.2, 0.25) is 11.8 Å². The quantitative estimate of drug-likeness (QED) is 0.722. The molecule has 1 aliphatic carbocycles. The zero-order valence-electron chi connectivity index (χ0n) is 15.0. The van der Waals surface area contributed by atoms with Crippen molar-refractivity contribution in [2.75, 3.05) is 13.7 Å². The first-order valence-electron chi connectivity index (χ1n) is 9.11. The maximum Gasteiger partial charge on any atom is 0.220 e. The summed E-state index contributed by atoms with van der Waals surface area (Å²) < 4.78 is 6.48. The van der Waals surface area contributed by atoms with Gasteiger partial charge in [-0.1, -0.05) is 23.7 Å². The largest absolute Gasteiger partial charge is 0.481 e. The number of aromatic nitrogens is 1. The van der Waals surface area contributed by atoms with Crippen LogP contribution in [0.3, 0.4) is 0 Å². The Labute approximate surface area is 172 Å². The van der Waals surface area contributed by atoms with Gasteiger partial charge in [0.15, 0.2) is 0 Å². The molecule has 4 rings (SSSR count). The van der Waals surface area contributed by atoms with Gasteiger partial charge in [-0.3, -0.25) is 4.79 Å². The van der Waals surface area contributed by atoms with Crippen LogP contribution < -0.4 is 15.4 Å². The van der Waals surface area contributed by atoms with E-state index in [-0.39, 0.29) is 18.0 Å². The summed E-state index contributed by atoms with van der Waals surface area (Å²) in [5, 5.41) is 7.24. The lowest BCUT2D eigenvalue weighted by Gasteiger charge is -2.19. The number of hydrogen-bond acceptors (Lipinski definition) is 4. The minimum atomic E-state index is 0.142. The SMILES string of the molecule is COc1nc(-c2cccc(Br)c2Cl)cc2c1[C@@H](NC[C@@H]1CCC(=O)N1)CC2. The van der Waals surface area contributed by atoms with Crippen LogP contribution in [0, 0.1) is 0 Å². The average molecular weight is 451 g/mol. The van der Waals surface area contributed by atoms with E-state index in [1.807, 2.05) is 18.2 Å². The van der Waals surface area contributed by atoms with Crippen LogP contribution in [-0.2, 0) is 11.2 Å². The van der Waals surface area contributed by atoms with E-state index in [1.165, 1.54) is 5.56 Å². The summed E-state index contributed by atoms with van der Waals surface area (Å²) in [6, 6.07) is 8.34. The molecule has 5 nitrogen and oxygen atoms in total. The van der Waals surface area contributed by atoms with Gasteiger partial charge in [-0.2, -0.15) is 0 Å². The van der Waals surface area contributed by atoms with Crippen LogP contribution in [0.15, 0.2) is 28.7 Å². The lowest BCUT2D eigenvalue weighted by atomic mass is 10.0. The van der Waals surface area contributed by atoms with Crippen LogP contribution in [0.5, 0.6) is 5.88 Å². The van der Waals surface area contributed by atoms with Gasteiger partial charge in [-0.05, 0) is 52.9 Å². The molecule has 0 unspecified atom stereocenters. The van der Waals surface area contributed by atoms with Gasteiger partial charge in [0, 0.05) is 40.6 Å². The summed E-state index contributed by atoms with van der Waals surface area (Å²) in [4.78, 5) is 16.1. The predicted octanol–water partition coefficient (Wildman–Crippen LogP) is 4.03. The Bertz CT molecular complexity index is 890. The smallest absolute Gasteiger partial charge is 0.220 e. The second kappa shape index (κ2) is 7.78. The summed E-state index contributed by atoms with van der Waals surface area (Å²) in [6.45, 7) is 0.762. The van der Waals surface area contributed by atoms with Crippen molar-refractivity contribution in [3.05, 3.63) is 44.9 Å². The van der Waals surface area contributed by atoms with E-state index in [9.17, 15) is 4.79 Å². The molecule has 1 fully saturated rings. The van der Waals surface area contributed by atoms with Crippen LogP contribution >= 0.6 is 27.5 Å². The number of rotatable bonds is 5. The first-order chi connectivity index (χ1) is 13.1. The molecule has 0 radical (unpaired) electrons.